The molecule has 0 fully saturated rings. The van der Waals surface area contributed by atoms with Gasteiger partial charge in [-0.2, -0.15) is 0 Å². The maximum absolute atomic E-state index is 12.8. The molecule has 0 unspecified atom stereocenters. The van der Waals surface area contributed by atoms with Crippen LogP contribution in [-0.4, -0.2) is 31.3 Å². The van der Waals surface area contributed by atoms with Crippen LogP contribution in [0.1, 0.15) is 15.9 Å². The number of sulfonamides is 1. The van der Waals surface area contributed by atoms with Crippen molar-refractivity contribution in [2.24, 2.45) is 0 Å². The predicted molar refractivity (Wildman–Crippen MR) is 112 cm³/mol. The van der Waals surface area contributed by atoms with Crippen LogP contribution in [0.25, 0.3) is 0 Å². The number of hydrogen-bond acceptors (Lipinski definition) is 6. The molecule has 0 aliphatic carbocycles. The van der Waals surface area contributed by atoms with Crippen molar-refractivity contribution in [1.29, 1.82) is 0 Å². The van der Waals surface area contributed by atoms with E-state index in [-0.39, 0.29) is 21.8 Å². The molecule has 0 spiro atoms. The Morgan fingerprint density at radius 1 is 1.07 bits per heavy atom. The summed E-state index contributed by atoms with van der Waals surface area (Å²) < 4.78 is 26.7. The Balaban J connectivity index is 1.80. The van der Waals surface area contributed by atoms with Crippen LogP contribution in [0.15, 0.2) is 71.9 Å². The summed E-state index contributed by atoms with van der Waals surface area (Å²) in [7, 11) is -2.33. The summed E-state index contributed by atoms with van der Waals surface area (Å²) in [5, 5.41) is 13.5. The Bertz CT molecular complexity index is 1190. The van der Waals surface area contributed by atoms with Gasteiger partial charge in [-0.1, -0.05) is 17.7 Å². The Morgan fingerprint density at radius 2 is 1.70 bits per heavy atom. The van der Waals surface area contributed by atoms with Crippen LogP contribution in [0.2, 0.25) is 0 Å². The number of anilines is 2. The largest absolute Gasteiger partial charge is 0.316 e. The van der Waals surface area contributed by atoms with Crippen LogP contribution in [0.3, 0.4) is 0 Å². The van der Waals surface area contributed by atoms with Gasteiger partial charge in [0.05, 0.1) is 15.5 Å². The standard InChI is InChI=1S/C20H18N4O5S/c1-14-3-9-17(10-4-14)30(28,29)23(2)16-7-5-15(6-8-16)20(25)22-18-11-12-21-13-19(18)24(26)27/h3-13H,1-2H3,(H,21,22,25). The zero-order chi connectivity index (χ0) is 21.9. The lowest BCUT2D eigenvalue weighted by Gasteiger charge is -2.20. The van der Waals surface area contributed by atoms with E-state index in [1.807, 2.05) is 6.92 Å². The highest BCUT2D eigenvalue weighted by Crippen LogP contribution is 2.25. The fourth-order valence-corrected chi connectivity index (χ4v) is 3.86. The van der Waals surface area contributed by atoms with E-state index in [0.717, 1.165) is 16.1 Å². The molecule has 10 heteroatoms. The van der Waals surface area contributed by atoms with Crippen LogP contribution in [0.4, 0.5) is 17.1 Å². The minimum absolute atomic E-state index is 0.0168. The van der Waals surface area contributed by atoms with Crippen molar-refractivity contribution in [1.82, 2.24) is 4.98 Å². The maximum Gasteiger partial charge on any atom is 0.310 e. The molecule has 0 radical (unpaired) electrons. The SMILES string of the molecule is Cc1ccc(S(=O)(=O)N(C)c2ccc(C(=O)Nc3ccncc3[N+](=O)[O-])cc2)cc1. The summed E-state index contributed by atoms with van der Waals surface area (Å²) in [4.78, 5) is 26.7. The highest BCUT2D eigenvalue weighted by atomic mass is 32.2. The summed E-state index contributed by atoms with van der Waals surface area (Å²) in [6, 6.07) is 13.7. The van der Waals surface area contributed by atoms with Gasteiger partial charge >= 0.3 is 5.69 Å². The van der Waals surface area contributed by atoms with Gasteiger partial charge in [-0.15, -0.1) is 0 Å². The number of nitrogens with one attached hydrogen (secondary N) is 1. The minimum Gasteiger partial charge on any atom is -0.316 e. The third kappa shape index (κ3) is 4.28. The first kappa shape index (κ1) is 20.9. The summed E-state index contributed by atoms with van der Waals surface area (Å²) in [6.07, 6.45) is 2.38. The lowest BCUT2D eigenvalue weighted by molar-refractivity contribution is -0.384. The molecule has 3 rings (SSSR count). The third-order valence-corrected chi connectivity index (χ3v) is 6.22. The number of aromatic nitrogens is 1. The molecule has 3 aromatic rings. The van der Waals surface area contributed by atoms with Crippen molar-refractivity contribution in [2.45, 2.75) is 11.8 Å². The minimum atomic E-state index is -3.75. The number of nitro groups is 1. The van der Waals surface area contributed by atoms with E-state index in [0.29, 0.717) is 5.69 Å². The Morgan fingerprint density at radius 3 is 2.30 bits per heavy atom. The molecular formula is C20H18N4O5S. The number of rotatable bonds is 6. The van der Waals surface area contributed by atoms with Gasteiger partial charge in [0.15, 0.2) is 0 Å². The maximum atomic E-state index is 12.8. The van der Waals surface area contributed by atoms with E-state index in [9.17, 15) is 23.3 Å². The molecule has 1 amide bonds. The van der Waals surface area contributed by atoms with Crippen LogP contribution in [0, 0.1) is 17.0 Å². The predicted octanol–water partition coefficient (Wildman–Crippen LogP) is 3.38. The van der Waals surface area contributed by atoms with Gasteiger partial charge in [0.25, 0.3) is 15.9 Å². The van der Waals surface area contributed by atoms with Crippen molar-refractivity contribution >= 4 is 33.0 Å². The molecule has 0 saturated carbocycles. The molecule has 1 N–H and O–H groups in total. The van der Waals surface area contributed by atoms with Gasteiger partial charge in [0, 0.05) is 18.8 Å². The van der Waals surface area contributed by atoms with E-state index in [2.05, 4.69) is 10.3 Å². The number of nitrogens with zero attached hydrogens (tertiary/aromatic N) is 3. The van der Waals surface area contributed by atoms with Gasteiger partial charge in [-0.25, -0.2) is 8.42 Å². The van der Waals surface area contributed by atoms with Crippen LogP contribution in [0.5, 0.6) is 0 Å². The second-order valence-electron chi connectivity index (χ2n) is 6.44. The molecule has 154 valence electrons. The van der Waals surface area contributed by atoms with Crippen molar-refractivity contribution in [3.05, 3.63) is 88.2 Å². The average Bonchev–Trinajstić information content (AvgIpc) is 2.74. The van der Waals surface area contributed by atoms with Crippen LogP contribution < -0.4 is 9.62 Å². The Labute approximate surface area is 173 Å². The molecule has 0 bridgehead atoms. The quantitative estimate of drug-likeness (QED) is 0.476. The van der Waals surface area contributed by atoms with Crippen LogP contribution >= 0.6 is 0 Å². The lowest BCUT2D eigenvalue weighted by Crippen LogP contribution is -2.26. The van der Waals surface area contributed by atoms with E-state index in [4.69, 9.17) is 0 Å². The van der Waals surface area contributed by atoms with Crippen LogP contribution in [-0.2, 0) is 10.0 Å². The third-order valence-electron chi connectivity index (χ3n) is 4.42. The van der Waals surface area contributed by atoms with Crippen molar-refractivity contribution < 1.29 is 18.1 Å². The summed E-state index contributed by atoms with van der Waals surface area (Å²) in [5.74, 6) is -0.570. The molecule has 9 nitrogen and oxygen atoms in total. The van der Waals surface area contributed by atoms with E-state index < -0.39 is 20.9 Å². The molecule has 2 aromatic carbocycles. The first-order valence-electron chi connectivity index (χ1n) is 8.75. The normalized spacial score (nSPS) is 11.0. The second-order valence-corrected chi connectivity index (χ2v) is 8.41. The highest BCUT2D eigenvalue weighted by molar-refractivity contribution is 7.92. The molecule has 1 heterocycles. The number of hydrogen-bond donors (Lipinski definition) is 1. The molecule has 1 aromatic heterocycles. The van der Waals surface area contributed by atoms with Crippen molar-refractivity contribution in [3.8, 4) is 0 Å². The molecule has 0 saturated heterocycles. The molecular weight excluding hydrogens is 408 g/mol. The van der Waals surface area contributed by atoms with Crippen molar-refractivity contribution in [2.75, 3.05) is 16.7 Å². The Hall–Kier alpha value is -3.79. The summed E-state index contributed by atoms with van der Waals surface area (Å²) >= 11 is 0. The number of amides is 1. The van der Waals surface area contributed by atoms with Gasteiger partial charge in [-0.05, 0) is 49.4 Å². The van der Waals surface area contributed by atoms with Gasteiger partial charge in [0.1, 0.15) is 11.9 Å². The average molecular weight is 426 g/mol. The summed E-state index contributed by atoms with van der Waals surface area (Å²) in [6.45, 7) is 1.87. The molecule has 0 atom stereocenters. The smallest absolute Gasteiger partial charge is 0.310 e. The molecule has 0 aliphatic heterocycles. The zero-order valence-electron chi connectivity index (χ0n) is 16.1. The fraction of sp³-hybridized carbons (Fsp3) is 0.100. The van der Waals surface area contributed by atoms with Crippen molar-refractivity contribution in [3.63, 3.8) is 0 Å². The lowest BCUT2D eigenvalue weighted by atomic mass is 10.2. The number of pyridine rings is 1. The topological polar surface area (TPSA) is 123 Å². The first-order chi connectivity index (χ1) is 14.2. The van der Waals surface area contributed by atoms with Gasteiger partial charge in [0.2, 0.25) is 0 Å². The van der Waals surface area contributed by atoms with E-state index in [1.165, 1.54) is 55.7 Å². The molecule has 30 heavy (non-hydrogen) atoms. The number of carbonyl (C=O) groups is 1. The number of aryl methyl sites for hydroxylation is 1. The number of benzene rings is 2. The first-order valence-corrected chi connectivity index (χ1v) is 10.2. The highest BCUT2D eigenvalue weighted by Gasteiger charge is 2.22. The van der Waals surface area contributed by atoms with E-state index in [1.54, 1.807) is 12.1 Å². The van der Waals surface area contributed by atoms with E-state index >= 15 is 0 Å². The monoisotopic (exact) mass is 426 g/mol. The fourth-order valence-electron chi connectivity index (χ4n) is 2.66. The zero-order valence-corrected chi connectivity index (χ0v) is 17.0. The summed E-state index contributed by atoms with van der Waals surface area (Å²) in [5.41, 5.74) is 1.21. The van der Waals surface area contributed by atoms with Gasteiger partial charge < -0.3 is 5.32 Å². The Kier molecular flexibility index (Phi) is 5.79. The molecule has 0 aliphatic rings. The number of carbonyl (C=O) groups excluding carboxylic acids is 1. The van der Waals surface area contributed by atoms with Gasteiger partial charge in [-0.3, -0.25) is 24.2 Å². The second kappa shape index (κ2) is 8.29.